The number of amides is 1. The quantitative estimate of drug-likeness (QED) is 0.371. The molecule has 136 valence electrons. The fourth-order valence-electron chi connectivity index (χ4n) is 2.21. The molecule has 1 aromatic heterocycles. The van der Waals surface area contributed by atoms with E-state index in [0.29, 0.717) is 22.1 Å². The van der Waals surface area contributed by atoms with Crippen LogP contribution in [0.3, 0.4) is 0 Å². The smallest absolute Gasteiger partial charge is 0.272 e. The monoisotopic (exact) mass is 403 g/mol. The summed E-state index contributed by atoms with van der Waals surface area (Å²) in [7, 11) is 0. The van der Waals surface area contributed by atoms with Gasteiger partial charge in [-0.25, -0.2) is 5.43 Å². The molecule has 7 nitrogen and oxygen atoms in total. The highest BCUT2D eigenvalue weighted by molar-refractivity contribution is 6.36. The van der Waals surface area contributed by atoms with Crippen molar-refractivity contribution in [1.82, 2.24) is 5.43 Å². The number of carbonyl (C=O) groups excluding carboxylic acids is 1. The SMILES string of the molecule is O=C(N/N=C\c1ccc(-c2ccc([N+](=O)[O-])cc2)o1)c1ccc(Cl)cc1Cl. The van der Waals surface area contributed by atoms with Gasteiger partial charge in [-0.3, -0.25) is 14.9 Å². The van der Waals surface area contributed by atoms with E-state index >= 15 is 0 Å². The molecule has 0 fully saturated rings. The highest BCUT2D eigenvalue weighted by Gasteiger charge is 2.10. The van der Waals surface area contributed by atoms with E-state index in [-0.39, 0.29) is 16.3 Å². The lowest BCUT2D eigenvalue weighted by atomic mass is 10.1. The summed E-state index contributed by atoms with van der Waals surface area (Å²) < 4.78 is 5.58. The van der Waals surface area contributed by atoms with Gasteiger partial charge in [-0.1, -0.05) is 23.2 Å². The number of nitro benzene ring substituents is 1. The van der Waals surface area contributed by atoms with Crippen molar-refractivity contribution >= 4 is 41.0 Å². The molecule has 2 aromatic carbocycles. The van der Waals surface area contributed by atoms with Gasteiger partial charge in [0.2, 0.25) is 0 Å². The van der Waals surface area contributed by atoms with Crippen molar-refractivity contribution in [2.24, 2.45) is 5.10 Å². The van der Waals surface area contributed by atoms with Crippen molar-refractivity contribution in [3.63, 3.8) is 0 Å². The number of hydrogen-bond donors (Lipinski definition) is 1. The van der Waals surface area contributed by atoms with Gasteiger partial charge in [0.05, 0.1) is 21.7 Å². The van der Waals surface area contributed by atoms with Gasteiger partial charge in [0.25, 0.3) is 11.6 Å². The minimum absolute atomic E-state index is 0.00401. The molecule has 0 aliphatic carbocycles. The zero-order chi connectivity index (χ0) is 19.4. The molecule has 0 unspecified atom stereocenters. The summed E-state index contributed by atoms with van der Waals surface area (Å²) in [5, 5.41) is 15.1. The number of non-ortho nitro benzene ring substituents is 1. The maximum atomic E-state index is 12.0. The topological polar surface area (TPSA) is 97.7 Å². The van der Waals surface area contributed by atoms with Crippen LogP contribution in [0.25, 0.3) is 11.3 Å². The minimum Gasteiger partial charge on any atom is -0.455 e. The summed E-state index contributed by atoms with van der Waals surface area (Å²) in [6.45, 7) is 0. The standard InChI is InChI=1S/C18H11Cl2N3O4/c19-12-3-7-15(16(20)9-12)18(24)22-21-10-14-6-8-17(27-14)11-1-4-13(5-2-11)23(25)26/h1-10H,(H,22,24)/b21-10-. The number of hydrazone groups is 1. The van der Waals surface area contributed by atoms with Gasteiger partial charge in [0.15, 0.2) is 0 Å². The molecule has 0 saturated carbocycles. The van der Waals surface area contributed by atoms with E-state index in [1.54, 1.807) is 30.3 Å². The Labute approximate surface area is 163 Å². The molecule has 0 atom stereocenters. The Morgan fingerprint density at radius 2 is 1.85 bits per heavy atom. The Kier molecular flexibility index (Phi) is 5.54. The molecule has 0 spiro atoms. The van der Waals surface area contributed by atoms with E-state index in [1.807, 2.05) is 0 Å². The largest absolute Gasteiger partial charge is 0.455 e. The molecule has 0 aliphatic heterocycles. The van der Waals surface area contributed by atoms with Gasteiger partial charge < -0.3 is 4.42 Å². The average Bonchev–Trinajstić information content (AvgIpc) is 3.10. The number of furan rings is 1. The highest BCUT2D eigenvalue weighted by Crippen LogP contribution is 2.24. The van der Waals surface area contributed by atoms with Crippen LogP contribution in [0.4, 0.5) is 5.69 Å². The lowest BCUT2D eigenvalue weighted by Crippen LogP contribution is -2.17. The summed E-state index contributed by atoms with van der Waals surface area (Å²) in [6.07, 6.45) is 1.33. The first-order valence-electron chi connectivity index (χ1n) is 7.57. The highest BCUT2D eigenvalue weighted by atomic mass is 35.5. The summed E-state index contributed by atoms with van der Waals surface area (Å²) in [5.41, 5.74) is 3.26. The Morgan fingerprint density at radius 1 is 1.11 bits per heavy atom. The molecule has 1 amide bonds. The first-order valence-corrected chi connectivity index (χ1v) is 8.33. The molecule has 9 heteroatoms. The van der Waals surface area contributed by atoms with E-state index in [0.717, 1.165) is 0 Å². The van der Waals surface area contributed by atoms with Gasteiger partial charge in [0, 0.05) is 22.7 Å². The summed E-state index contributed by atoms with van der Waals surface area (Å²) in [4.78, 5) is 22.3. The third-order valence-electron chi connectivity index (χ3n) is 3.52. The summed E-state index contributed by atoms with van der Waals surface area (Å²) in [5.74, 6) is 0.416. The number of nitrogens with zero attached hydrogens (tertiary/aromatic N) is 2. The molecule has 1 heterocycles. The van der Waals surface area contributed by atoms with Crippen molar-refractivity contribution in [2.45, 2.75) is 0 Å². The zero-order valence-corrected chi connectivity index (χ0v) is 15.1. The average molecular weight is 404 g/mol. The van der Waals surface area contributed by atoms with Crippen LogP contribution >= 0.6 is 23.2 Å². The van der Waals surface area contributed by atoms with Crippen LogP contribution < -0.4 is 5.43 Å². The van der Waals surface area contributed by atoms with Crippen LogP contribution in [0.5, 0.6) is 0 Å². The Morgan fingerprint density at radius 3 is 2.52 bits per heavy atom. The van der Waals surface area contributed by atoms with Crippen LogP contribution in [0, 0.1) is 10.1 Å². The maximum Gasteiger partial charge on any atom is 0.272 e. The van der Waals surface area contributed by atoms with Crippen molar-refractivity contribution < 1.29 is 14.1 Å². The third-order valence-corrected chi connectivity index (χ3v) is 4.07. The van der Waals surface area contributed by atoms with E-state index in [9.17, 15) is 14.9 Å². The normalized spacial score (nSPS) is 10.9. The van der Waals surface area contributed by atoms with Crippen molar-refractivity contribution in [1.29, 1.82) is 0 Å². The zero-order valence-electron chi connectivity index (χ0n) is 13.6. The molecule has 3 rings (SSSR count). The van der Waals surface area contributed by atoms with Crippen molar-refractivity contribution in [3.8, 4) is 11.3 Å². The summed E-state index contributed by atoms with van der Waals surface area (Å²) in [6, 6.07) is 13.8. The predicted octanol–water partition coefficient (Wildman–Crippen LogP) is 4.93. The molecule has 27 heavy (non-hydrogen) atoms. The fraction of sp³-hybridized carbons (Fsp3) is 0. The minimum atomic E-state index is -0.491. The van der Waals surface area contributed by atoms with E-state index < -0.39 is 10.8 Å². The van der Waals surface area contributed by atoms with Gasteiger partial charge in [-0.2, -0.15) is 5.10 Å². The number of nitro groups is 1. The number of halogens is 2. The van der Waals surface area contributed by atoms with E-state index in [4.69, 9.17) is 27.6 Å². The van der Waals surface area contributed by atoms with Crippen molar-refractivity contribution in [3.05, 3.63) is 86.1 Å². The third kappa shape index (κ3) is 4.52. The molecule has 0 aliphatic rings. The molecular weight excluding hydrogens is 393 g/mol. The molecule has 1 N–H and O–H groups in total. The van der Waals surface area contributed by atoms with Gasteiger partial charge in [-0.05, 0) is 42.5 Å². The van der Waals surface area contributed by atoms with Crippen LogP contribution in [0.1, 0.15) is 16.1 Å². The number of benzene rings is 2. The molecule has 0 saturated heterocycles. The fourth-order valence-corrected chi connectivity index (χ4v) is 2.71. The number of hydrogen-bond acceptors (Lipinski definition) is 5. The Bertz CT molecular complexity index is 1030. The van der Waals surface area contributed by atoms with Crippen LogP contribution in [0.15, 0.2) is 64.1 Å². The van der Waals surface area contributed by atoms with Crippen LogP contribution in [0.2, 0.25) is 10.0 Å². The Hall–Kier alpha value is -3.16. The second kappa shape index (κ2) is 8.03. The number of nitrogens with one attached hydrogen (secondary N) is 1. The summed E-state index contributed by atoms with van der Waals surface area (Å²) >= 11 is 11.8. The van der Waals surface area contributed by atoms with E-state index in [2.05, 4.69) is 10.5 Å². The van der Waals surface area contributed by atoms with Gasteiger partial charge >= 0.3 is 0 Å². The van der Waals surface area contributed by atoms with Crippen molar-refractivity contribution in [2.75, 3.05) is 0 Å². The lowest BCUT2D eigenvalue weighted by Gasteiger charge is -2.02. The number of carbonyl (C=O) groups is 1. The Balaban J connectivity index is 1.66. The predicted molar refractivity (Wildman–Crippen MR) is 102 cm³/mol. The lowest BCUT2D eigenvalue weighted by molar-refractivity contribution is -0.384. The molecule has 0 radical (unpaired) electrons. The molecule has 0 bridgehead atoms. The van der Waals surface area contributed by atoms with Gasteiger partial charge in [0.1, 0.15) is 11.5 Å². The van der Waals surface area contributed by atoms with Crippen LogP contribution in [-0.4, -0.2) is 17.0 Å². The van der Waals surface area contributed by atoms with E-state index in [1.165, 1.54) is 30.5 Å². The van der Waals surface area contributed by atoms with Crippen LogP contribution in [-0.2, 0) is 0 Å². The molecular formula is C18H11Cl2N3O4. The second-order valence-corrected chi connectivity index (χ2v) is 6.17. The first kappa shape index (κ1) is 18.6. The first-order chi connectivity index (χ1) is 12.9. The van der Waals surface area contributed by atoms with Gasteiger partial charge in [-0.15, -0.1) is 0 Å². The maximum absolute atomic E-state index is 12.0. The number of rotatable bonds is 5. The molecule has 3 aromatic rings. The second-order valence-electron chi connectivity index (χ2n) is 5.33.